The summed E-state index contributed by atoms with van der Waals surface area (Å²) < 4.78 is 36.5. The Morgan fingerprint density at radius 1 is 1.13 bits per heavy atom. The number of aromatic nitrogens is 2. The molecule has 0 spiro atoms. The van der Waals surface area contributed by atoms with Crippen LogP contribution in [0.1, 0.15) is 64.4 Å². The first-order valence-corrected chi connectivity index (χ1v) is 14.0. The molecule has 0 saturated heterocycles. The van der Waals surface area contributed by atoms with Gasteiger partial charge in [0.1, 0.15) is 21.4 Å². The number of rotatable bonds is 11. The maximum atomic E-state index is 13.1. The number of nitrogens with zero attached hydrogens (tertiary/aromatic N) is 3. The fraction of sp³-hybridized carbons (Fsp3) is 0.429. The summed E-state index contributed by atoms with van der Waals surface area (Å²) in [4.78, 5) is 16.3. The van der Waals surface area contributed by atoms with Gasteiger partial charge >= 0.3 is 51.4 Å². The molecule has 0 fully saturated rings. The third kappa shape index (κ3) is 9.01. The zero-order valence-corrected chi connectivity index (χ0v) is 27.1. The van der Waals surface area contributed by atoms with Crippen molar-refractivity contribution in [2.45, 2.75) is 70.9 Å². The quantitative estimate of drug-likeness (QED) is 0.283. The molecule has 2 aromatic carbocycles. The van der Waals surface area contributed by atoms with Crippen LogP contribution in [0.25, 0.3) is 15.8 Å². The predicted octanol–water partition coefficient (Wildman–Crippen LogP) is 3.03. The number of imidazole rings is 1. The summed E-state index contributed by atoms with van der Waals surface area (Å²) in [6, 6.07) is 12.6. The first kappa shape index (κ1) is 32.7. The number of carbonyl (C=O) groups excluding carboxylic acids is 1. The van der Waals surface area contributed by atoms with Crippen molar-refractivity contribution in [1.82, 2.24) is 9.55 Å². The van der Waals surface area contributed by atoms with E-state index in [1.165, 1.54) is 6.07 Å². The summed E-state index contributed by atoms with van der Waals surface area (Å²) in [6.45, 7) is 10.1. The van der Waals surface area contributed by atoms with Gasteiger partial charge in [-0.05, 0) is 67.0 Å². The van der Waals surface area contributed by atoms with Crippen LogP contribution in [0.2, 0.25) is 0 Å². The zero-order chi connectivity index (χ0) is 27.2. The molecule has 0 unspecified atom stereocenters. The summed E-state index contributed by atoms with van der Waals surface area (Å²) in [6.07, 6.45) is 4.58. The van der Waals surface area contributed by atoms with Gasteiger partial charge in [-0.25, -0.2) is 13.4 Å². The van der Waals surface area contributed by atoms with E-state index in [1.807, 2.05) is 48.0 Å². The molecule has 0 saturated carbocycles. The summed E-state index contributed by atoms with van der Waals surface area (Å²) in [5, 5.41) is 10.4. The summed E-state index contributed by atoms with van der Waals surface area (Å²) in [7, 11) is -4.28. The van der Waals surface area contributed by atoms with Crippen LogP contribution in [-0.4, -0.2) is 35.8 Å². The molecule has 0 radical (unpaired) electrons. The van der Waals surface area contributed by atoms with E-state index in [0.717, 1.165) is 24.0 Å². The Bertz CT molecular complexity index is 1310. The van der Waals surface area contributed by atoms with E-state index < -0.39 is 21.7 Å². The molecule has 1 amide bonds. The van der Waals surface area contributed by atoms with Crippen molar-refractivity contribution in [3.8, 4) is 11.1 Å². The molecule has 10 heteroatoms. The van der Waals surface area contributed by atoms with E-state index in [1.54, 1.807) is 26.1 Å². The van der Waals surface area contributed by atoms with Gasteiger partial charge in [-0.3, -0.25) is 4.79 Å². The molecule has 0 aliphatic rings. The van der Waals surface area contributed by atoms with Crippen molar-refractivity contribution < 1.29 is 74.4 Å². The number of aliphatic hydroxyl groups is 1. The summed E-state index contributed by atoms with van der Waals surface area (Å²) in [5.41, 5.74) is 2.04. The van der Waals surface area contributed by atoms with Gasteiger partial charge in [0.05, 0.1) is 11.5 Å². The van der Waals surface area contributed by atoms with Crippen molar-refractivity contribution in [3.63, 3.8) is 0 Å². The molecule has 1 N–H and O–H groups in total. The number of amides is 1. The fourth-order valence-corrected chi connectivity index (χ4v) is 5.10. The minimum atomic E-state index is -4.28. The average molecular weight is 566 g/mol. The van der Waals surface area contributed by atoms with Gasteiger partial charge in [0.25, 0.3) is 0 Å². The predicted molar refractivity (Wildman–Crippen MR) is 144 cm³/mol. The van der Waals surface area contributed by atoms with Gasteiger partial charge < -0.3 is 19.1 Å². The molecule has 0 bridgehead atoms. The molecule has 3 rings (SSSR count). The van der Waals surface area contributed by atoms with Crippen LogP contribution in [0.5, 0.6) is 0 Å². The molecule has 1 aromatic heterocycles. The summed E-state index contributed by atoms with van der Waals surface area (Å²) >= 11 is 0. The smallest absolute Gasteiger partial charge is 0.506 e. The normalized spacial score (nSPS) is 11.8. The van der Waals surface area contributed by atoms with Crippen molar-refractivity contribution in [1.29, 1.82) is 0 Å². The van der Waals surface area contributed by atoms with Crippen LogP contribution < -0.4 is 51.4 Å². The number of hydrogen-bond acceptors (Lipinski definition) is 6. The zero-order valence-electron chi connectivity index (χ0n) is 23.1. The Labute approximate surface area is 268 Å². The monoisotopic (exact) mass is 565 g/mol. The van der Waals surface area contributed by atoms with Crippen molar-refractivity contribution in [2.24, 2.45) is 5.92 Å². The van der Waals surface area contributed by atoms with Gasteiger partial charge in [-0.15, -0.1) is 0 Å². The van der Waals surface area contributed by atoms with Crippen LogP contribution in [-0.2, 0) is 33.3 Å². The molecule has 8 nitrogen and oxygen atoms in total. The molecule has 3 aromatic rings. The Morgan fingerprint density at radius 2 is 1.79 bits per heavy atom. The first-order valence-electron chi connectivity index (χ1n) is 12.5. The largest absolute Gasteiger partial charge is 1.00 e. The number of sulfonamides is 1. The number of carbonyl (C=O) groups is 1. The standard InChI is InChI=1S/C28H37N3O5S.K/c1-6-7-16-36-27(32)30-37(34,35)25-13-10-22(17-20(2)3)18-24(25)23-11-8-21(9-12-23)19-31-15-14-29-26(31)28(4,5)33;/h8-15,18,20,33H,6-7,16-17,19H2,1-5H3,(H,30,32);/q;+1/p-1. The first-order chi connectivity index (χ1) is 17.4. The van der Waals surface area contributed by atoms with E-state index in [-0.39, 0.29) is 62.9 Å². The van der Waals surface area contributed by atoms with Gasteiger partial charge in [-0.2, -0.15) is 0 Å². The topological polar surface area (TPSA) is 113 Å². The van der Waals surface area contributed by atoms with Gasteiger partial charge in [0.2, 0.25) is 6.09 Å². The second kappa shape index (κ2) is 14.2. The average Bonchev–Trinajstić information content (AvgIpc) is 3.28. The number of unbranched alkanes of at least 4 members (excludes halogenated alkanes) is 1. The number of ether oxygens (including phenoxy) is 1. The second-order valence-electron chi connectivity index (χ2n) is 10.1. The van der Waals surface area contributed by atoms with Crippen LogP contribution in [0.4, 0.5) is 4.79 Å². The van der Waals surface area contributed by atoms with Crippen LogP contribution in [0.15, 0.2) is 59.8 Å². The molecule has 38 heavy (non-hydrogen) atoms. The summed E-state index contributed by atoms with van der Waals surface area (Å²) in [5.74, 6) is 0.940. The molecule has 200 valence electrons. The van der Waals surface area contributed by atoms with Crippen LogP contribution >= 0.6 is 0 Å². The van der Waals surface area contributed by atoms with E-state index in [4.69, 9.17) is 4.74 Å². The Balaban J connectivity index is 0.00000507. The van der Waals surface area contributed by atoms with E-state index >= 15 is 0 Å². The third-order valence-corrected chi connectivity index (χ3v) is 7.07. The van der Waals surface area contributed by atoms with E-state index in [0.29, 0.717) is 35.8 Å². The van der Waals surface area contributed by atoms with E-state index in [2.05, 4.69) is 23.6 Å². The van der Waals surface area contributed by atoms with E-state index in [9.17, 15) is 18.3 Å². The fourth-order valence-electron chi connectivity index (χ4n) is 4.06. The van der Waals surface area contributed by atoms with Gasteiger partial charge in [-0.1, -0.05) is 57.5 Å². The Kier molecular flexibility index (Phi) is 12.2. The number of benzene rings is 2. The second-order valence-corrected chi connectivity index (χ2v) is 11.7. The van der Waals surface area contributed by atoms with Gasteiger partial charge in [0, 0.05) is 18.9 Å². The van der Waals surface area contributed by atoms with Crippen LogP contribution in [0, 0.1) is 5.92 Å². The Hall–Kier alpha value is -1.53. The van der Waals surface area contributed by atoms with Crippen LogP contribution in [0.3, 0.4) is 0 Å². The van der Waals surface area contributed by atoms with Crippen molar-refractivity contribution >= 4 is 16.1 Å². The minimum absolute atomic E-state index is 0. The van der Waals surface area contributed by atoms with Crippen molar-refractivity contribution in [3.05, 3.63) is 76.5 Å². The molecule has 0 aliphatic heterocycles. The molecule has 0 aliphatic carbocycles. The Morgan fingerprint density at radius 3 is 2.39 bits per heavy atom. The maximum absolute atomic E-state index is 13.1. The molecule has 1 heterocycles. The molecular weight excluding hydrogens is 529 g/mol. The third-order valence-electron chi connectivity index (χ3n) is 5.76. The molecular formula is C28H36KN3O5S. The molecule has 0 atom stereocenters. The SMILES string of the molecule is CCCCOC(=O)[N-]S(=O)(=O)c1ccc(CC(C)C)cc1-c1ccc(Cn2ccnc2C(C)(C)O)cc1.[K+]. The number of hydrogen-bond donors (Lipinski definition) is 1. The minimum Gasteiger partial charge on any atom is -0.506 e. The van der Waals surface area contributed by atoms with Gasteiger partial charge in [0.15, 0.2) is 0 Å². The maximum Gasteiger partial charge on any atom is 1.00 e. The van der Waals surface area contributed by atoms with Crippen molar-refractivity contribution in [2.75, 3.05) is 6.61 Å².